The van der Waals surface area contributed by atoms with Gasteiger partial charge in [-0.15, -0.1) is 29.9 Å². The highest BCUT2D eigenvalue weighted by molar-refractivity contribution is 6.02. The van der Waals surface area contributed by atoms with Gasteiger partial charge in [-0.25, -0.2) is 9.50 Å². The summed E-state index contributed by atoms with van der Waals surface area (Å²) in [5, 5.41) is 10.3. The van der Waals surface area contributed by atoms with Crippen molar-refractivity contribution in [3.63, 3.8) is 0 Å². The Morgan fingerprint density at radius 3 is 2.68 bits per heavy atom. The molecule has 0 aliphatic carbocycles. The van der Waals surface area contributed by atoms with E-state index in [4.69, 9.17) is 0 Å². The van der Waals surface area contributed by atoms with Crippen LogP contribution in [0.2, 0.25) is 0 Å². The summed E-state index contributed by atoms with van der Waals surface area (Å²) in [6.07, 6.45) is 1.65. The van der Waals surface area contributed by atoms with Crippen LogP contribution in [-0.2, 0) is 6.54 Å². The van der Waals surface area contributed by atoms with Gasteiger partial charge in [0.1, 0.15) is 0 Å². The van der Waals surface area contributed by atoms with Gasteiger partial charge in [0.25, 0.3) is 11.7 Å². The van der Waals surface area contributed by atoms with Crippen LogP contribution in [0.1, 0.15) is 28.8 Å². The molecule has 0 spiro atoms. The van der Waals surface area contributed by atoms with E-state index in [9.17, 15) is 4.79 Å². The van der Waals surface area contributed by atoms with Gasteiger partial charge in [0.05, 0.1) is 0 Å². The maximum atomic E-state index is 12.4. The number of carbonyl (C=O) groups excluding carboxylic acids is 1. The van der Waals surface area contributed by atoms with Crippen molar-refractivity contribution in [2.45, 2.75) is 20.4 Å². The normalized spacial score (nSPS) is 10.0. The molecule has 134 valence electrons. The van der Waals surface area contributed by atoms with Gasteiger partial charge in [-0.3, -0.25) is 4.79 Å². The molecular weight excluding hydrogens is 363 g/mol. The van der Waals surface area contributed by atoms with Gasteiger partial charge in [-0.05, 0) is 31.2 Å². The first-order chi connectivity index (χ1) is 11.2. The van der Waals surface area contributed by atoms with Crippen molar-refractivity contribution in [3.8, 4) is 0 Å². The second-order valence-corrected chi connectivity index (χ2v) is 5.13. The number of anilines is 1. The predicted octanol–water partition coefficient (Wildman–Crippen LogP) is 2.64. The molecule has 3 rings (SSSR count). The Morgan fingerprint density at radius 1 is 1.20 bits per heavy atom. The highest BCUT2D eigenvalue weighted by Gasteiger charge is 2.15. The zero-order chi connectivity index (χ0) is 16.2. The first-order valence-electron chi connectivity index (χ1n) is 7.47. The zero-order valence-corrected chi connectivity index (χ0v) is 15.5. The van der Waals surface area contributed by atoms with Gasteiger partial charge >= 0.3 is 0 Å². The smallest absolute Gasteiger partial charge is 0.295 e. The van der Waals surface area contributed by atoms with Crippen LogP contribution in [0.15, 0.2) is 36.5 Å². The van der Waals surface area contributed by atoms with Gasteiger partial charge in [0.2, 0.25) is 5.82 Å². The summed E-state index contributed by atoms with van der Waals surface area (Å²) in [6, 6.07) is 9.48. The maximum Gasteiger partial charge on any atom is 0.295 e. The third-order valence-corrected chi connectivity index (χ3v) is 3.46. The van der Waals surface area contributed by atoms with E-state index >= 15 is 0 Å². The standard InChI is InChI=1S/C16H18N6O.2ClH/c1-3-17-10-12-6-4-5-7-13(12)19-15(23)14-20-16-18-9-8-11(2)22(16)21-14;;/h4-9,17H,3,10H2,1-2H3,(H,19,23);2*1H. The minimum absolute atomic E-state index is 0. The van der Waals surface area contributed by atoms with Gasteiger partial charge in [-0.2, -0.15) is 4.98 Å². The van der Waals surface area contributed by atoms with Crippen LogP contribution in [0.3, 0.4) is 0 Å². The summed E-state index contributed by atoms with van der Waals surface area (Å²) >= 11 is 0. The molecule has 0 bridgehead atoms. The van der Waals surface area contributed by atoms with Gasteiger partial charge in [-0.1, -0.05) is 25.1 Å². The second-order valence-electron chi connectivity index (χ2n) is 5.13. The fourth-order valence-corrected chi connectivity index (χ4v) is 2.24. The van der Waals surface area contributed by atoms with Crippen LogP contribution in [0.25, 0.3) is 5.78 Å². The highest BCUT2D eigenvalue weighted by atomic mass is 35.5. The summed E-state index contributed by atoms with van der Waals surface area (Å²) in [5.74, 6) is 0.167. The second kappa shape index (κ2) is 9.31. The Hall–Kier alpha value is -2.22. The molecule has 0 aliphatic heterocycles. The van der Waals surface area contributed by atoms with Crippen molar-refractivity contribution in [2.24, 2.45) is 0 Å². The fraction of sp³-hybridized carbons (Fsp3) is 0.250. The Kier molecular flexibility index (Phi) is 7.76. The van der Waals surface area contributed by atoms with Crippen molar-refractivity contribution >= 4 is 42.2 Å². The minimum atomic E-state index is -0.348. The number of amides is 1. The van der Waals surface area contributed by atoms with Crippen LogP contribution < -0.4 is 10.6 Å². The summed E-state index contributed by atoms with van der Waals surface area (Å²) in [4.78, 5) is 20.7. The molecule has 2 heterocycles. The van der Waals surface area contributed by atoms with E-state index in [-0.39, 0.29) is 36.5 Å². The molecule has 0 saturated carbocycles. The molecule has 7 nitrogen and oxygen atoms in total. The Balaban J connectivity index is 0.00000156. The average Bonchev–Trinajstić information content (AvgIpc) is 3.00. The third-order valence-electron chi connectivity index (χ3n) is 3.46. The first-order valence-corrected chi connectivity index (χ1v) is 7.47. The Bertz CT molecular complexity index is 852. The number of hydrogen-bond acceptors (Lipinski definition) is 5. The lowest BCUT2D eigenvalue weighted by atomic mass is 10.1. The molecule has 0 radical (unpaired) electrons. The third kappa shape index (κ3) is 4.66. The van der Waals surface area contributed by atoms with Crippen molar-refractivity contribution in [2.75, 3.05) is 11.9 Å². The molecule has 0 saturated heterocycles. The molecular formula is C16H20Cl2N6O. The van der Waals surface area contributed by atoms with E-state index in [2.05, 4.69) is 25.7 Å². The topological polar surface area (TPSA) is 84.2 Å². The van der Waals surface area contributed by atoms with Crippen LogP contribution >= 0.6 is 24.8 Å². The number of aromatic nitrogens is 4. The Labute approximate surface area is 158 Å². The monoisotopic (exact) mass is 382 g/mol. The molecule has 0 atom stereocenters. The molecule has 2 aromatic heterocycles. The first kappa shape index (κ1) is 20.8. The van der Waals surface area contributed by atoms with Gasteiger partial charge < -0.3 is 10.6 Å². The molecule has 25 heavy (non-hydrogen) atoms. The number of carbonyl (C=O) groups is 1. The molecule has 0 fully saturated rings. The van der Waals surface area contributed by atoms with Gasteiger partial charge in [0, 0.05) is 24.1 Å². The number of benzene rings is 1. The van der Waals surface area contributed by atoms with Crippen molar-refractivity contribution in [3.05, 3.63) is 53.6 Å². The average molecular weight is 383 g/mol. The molecule has 0 unspecified atom stereocenters. The van der Waals surface area contributed by atoms with Crippen molar-refractivity contribution in [1.29, 1.82) is 0 Å². The molecule has 1 amide bonds. The number of rotatable bonds is 5. The molecule has 0 aliphatic rings. The summed E-state index contributed by atoms with van der Waals surface area (Å²) in [6.45, 7) is 5.47. The van der Waals surface area contributed by atoms with E-state index in [1.807, 2.05) is 44.2 Å². The fourth-order valence-electron chi connectivity index (χ4n) is 2.24. The summed E-state index contributed by atoms with van der Waals surface area (Å²) < 4.78 is 1.56. The van der Waals surface area contributed by atoms with E-state index in [0.29, 0.717) is 12.3 Å². The van der Waals surface area contributed by atoms with E-state index in [0.717, 1.165) is 23.5 Å². The van der Waals surface area contributed by atoms with Crippen LogP contribution in [0, 0.1) is 6.92 Å². The molecule has 1 aromatic carbocycles. The highest BCUT2D eigenvalue weighted by Crippen LogP contribution is 2.15. The number of nitrogens with zero attached hydrogens (tertiary/aromatic N) is 4. The summed E-state index contributed by atoms with van der Waals surface area (Å²) in [7, 11) is 0. The van der Waals surface area contributed by atoms with Crippen LogP contribution in [0.4, 0.5) is 5.69 Å². The lowest BCUT2D eigenvalue weighted by molar-refractivity contribution is 0.101. The lowest BCUT2D eigenvalue weighted by Gasteiger charge is -2.10. The quantitative estimate of drug-likeness (QED) is 0.708. The minimum Gasteiger partial charge on any atom is -0.319 e. The predicted molar refractivity (Wildman–Crippen MR) is 102 cm³/mol. The van der Waals surface area contributed by atoms with Crippen molar-refractivity contribution in [1.82, 2.24) is 24.9 Å². The van der Waals surface area contributed by atoms with Crippen LogP contribution in [-0.4, -0.2) is 32.0 Å². The van der Waals surface area contributed by atoms with Crippen molar-refractivity contribution < 1.29 is 4.79 Å². The number of nitrogens with one attached hydrogen (secondary N) is 2. The van der Waals surface area contributed by atoms with E-state index in [1.165, 1.54) is 0 Å². The zero-order valence-electron chi connectivity index (χ0n) is 13.9. The number of para-hydroxylation sites is 1. The van der Waals surface area contributed by atoms with E-state index in [1.54, 1.807) is 10.7 Å². The number of aryl methyl sites for hydroxylation is 1. The molecule has 9 heteroatoms. The number of hydrogen-bond donors (Lipinski definition) is 2. The Morgan fingerprint density at radius 2 is 1.96 bits per heavy atom. The maximum absolute atomic E-state index is 12.4. The van der Waals surface area contributed by atoms with E-state index < -0.39 is 0 Å². The number of fused-ring (bicyclic) bond motifs is 1. The number of halogens is 2. The van der Waals surface area contributed by atoms with Crippen LogP contribution in [0.5, 0.6) is 0 Å². The molecule has 2 N–H and O–H groups in total. The summed E-state index contributed by atoms with van der Waals surface area (Å²) in [5.41, 5.74) is 2.64. The SMILES string of the molecule is CCNCc1ccccc1NC(=O)c1nc2nccc(C)n2n1.Cl.Cl. The molecule has 3 aromatic rings. The van der Waals surface area contributed by atoms with Gasteiger partial charge in [0.15, 0.2) is 0 Å². The lowest BCUT2D eigenvalue weighted by Crippen LogP contribution is -2.18. The largest absolute Gasteiger partial charge is 0.319 e.